The highest BCUT2D eigenvalue weighted by Crippen LogP contribution is 2.23. The summed E-state index contributed by atoms with van der Waals surface area (Å²) in [6, 6.07) is 8.46. The van der Waals surface area contributed by atoms with Crippen LogP contribution in [0.3, 0.4) is 0 Å². The van der Waals surface area contributed by atoms with E-state index in [0.717, 1.165) is 17.9 Å². The first-order valence-electron chi connectivity index (χ1n) is 7.92. The van der Waals surface area contributed by atoms with Crippen LogP contribution in [0, 0.1) is 5.92 Å². The van der Waals surface area contributed by atoms with Gasteiger partial charge in [-0.05, 0) is 56.9 Å². The van der Waals surface area contributed by atoms with Crippen LogP contribution in [-0.4, -0.2) is 29.5 Å². The van der Waals surface area contributed by atoms with Crippen LogP contribution in [0.4, 0.5) is 0 Å². The summed E-state index contributed by atoms with van der Waals surface area (Å²) in [6.45, 7) is 6.18. The molecule has 20 heavy (non-hydrogen) atoms. The molecule has 1 saturated heterocycles. The molecule has 1 aliphatic heterocycles. The molecular formula is C17H24N2S. The van der Waals surface area contributed by atoms with Crippen LogP contribution in [0.1, 0.15) is 37.6 Å². The molecule has 0 bridgehead atoms. The summed E-state index contributed by atoms with van der Waals surface area (Å²) < 4.78 is 1.33. The third-order valence-corrected chi connectivity index (χ3v) is 5.58. The predicted molar refractivity (Wildman–Crippen MR) is 87.4 cm³/mol. The summed E-state index contributed by atoms with van der Waals surface area (Å²) in [6.07, 6.45) is 6.54. The monoisotopic (exact) mass is 288 g/mol. The zero-order valence-corrected chi connectivity index (χ0v) is 13.2. The summed E-state index contributed by atoms with van der Waals surface area (Å²) in [5, 5.41) is 1.30. The van der Waals surface area contributed by atoms with Gasteiger partial charge < -0.3 is 4.90 Å². The maximum atomic E-state index is 4.72. The van der Waals surface area contributed by atoms with Crippen molar-refractivity contribution >= 4 is 21.6 Å². The molecule has 0 radical (unpaired) electrons. The molecule has 3 heteroatoms. The number of thiazole rings is 1. The Hall–Kier alpha value is -0.930. The van der Waals surface area contributed by atoms with Gasteiger partial charge in [-0.25, -0.2) is 4.98 Å². The molecule has 0 aliphatic carbocycles. The number of hydrogen-bond acceptors (Lipinski definition) is 3. The molecule has 0 unspecified atom stereocenters. The highest BCUT2D eigenvalue weighted by Gasteiger charge is 2.17. The summed E-state index contributed by atoms with van der Waals surface area (Å²) in [5.41, 5.74) is 1.16. The van der Waals surface area contributed by atoms with E-state index in [1.54, 1.807) is 0 Å². The number of benzene rings is 1. The Bertz CT molecular complexity index is 508. The van der Waals surface area contributed by atoms with Gasteiger partial charge in [0.05, 0.1) is 15.2 Å². The Morgan fingerprint density at radius 3 is 2.80 bits per heavy atom. The molecule has 1 aliphatic rings. The lowest BCUT2D eigenvalue weighted by molar-refractivity contribution is 0.180. The Kier molecular flexibility index (Phi) is 4.69. The standard InChI is InChI=1S/C17H24N2S/c1-2-14-9-12-19(13-10-14)11-5-8-17-18-15-6-3-4-7-16(15)20-17/h3-4,6-7,14H,2,5,8-13H2,1H3. The van der Waals surface area contributed by atoms with Crippen molar-refractivity contribution in [3.05, 3.63) is 29.3 Å². The molecule has 0 atom stereocenters. The normalized spacial score (nSPS) is 17.9. The number of aryl methyl sites for hydroxylation is 1. The minimum Gasteiger partial charge on any atom is -0.303 e. The first kappa shape index (κ1) is 14.0. The molecule has 1 aromatic carbocycles. The van der Waals surface area contributed by atoms with Gasteiger partial charge in [-0.15, -0.1) is 11.3 Å². The molecule has 1 fully saturated rings. The summed E-state index contributed by atoms with van der Waals surface area (Å²) >= 11 is 1.86. The van der Waals surface area contributed by atoms with Crippen LogP contribution in [0.25, 0.3) is 10.2 Å². The van der Waals surface area contributed by atoms with E-state index in [4.69, 9.17) is 4.98 Å². The maximum absolute atomic E-state index is 4.72. The van der Waals surface area contributed by atoms with Crippen LogP contribution in [0.2, 0.25) is 0 Å². The zero-order valence-electron chi connectivity index (χ0n) is 12.3. The van der Waals surface area contributed by atoms with E-state index >= 15 is 0 Å². The fraction of sp³-hybridized carbons (Fsp3) is 0.588. The van der Waals surface area contributed by atoms with Crippen LogP contribution in [0.5, 0.6) is 0 Å². The number of rotatable bonds is 5. The molecule has 0 saturated carbocycles. The van der Waals surface area contributed by atoms with Crippen LogP contribution in [0.15, 0.2) is 24.3 Å². The molecular weight excluding hydrogens is 264 g/mol. The maximum Gasteiger partial charge on any atom is 0.0939 e. The lowest BCUT2D eigenvalue weighted by Gasteiger charge is -2.31. The molecule has 3 rings (SSSR count). The van der Waals surface area contributed by atoms with Gasteiger partial charge in [0.1, 0.15) is 0 Å². The Morgan fingerprint density at radius 2 is 2.05 bits per heavy atom. The fourth-order valence-electron chi connectivity index (χ4n) is 3.10. The largest absolute Gasteiger partial charge is 0.303 e. The number of hydrogen-bond donors (Lipinski definition) is 0. The highest BCUT2D eigenvalue weighted by molar-refractivity contribution is 7.18. The van der Waals surface area contributed by atoms with E-state index in [-0.39, 0.29) is 0 Å². The fourth-order valence-corrected chi connectivity index (χ4v) is 4.11. The number of likely N-dealkylation sites (tertiary alicyclic amines) is 1. The van der Waals surface area contributed by atoms with E-state index in [1.807, 2.05) is 11.3 Å². The van der Waals surface area contributed by atoms with Crippen LogP contribution >= 0.6 is 11.3 Å². The molecule has 0 amide bonds. The molecule has 0 N–H and O–H groups in total. The van der Waals surface area contributed by atoms with Crippen LogP contribution < -0.4 is 0 Å². The van der Waals surface area contributed by atoms with Gasteiger partial charge in [-0.1, -0.05) is 25.5 Å². The van der Waals surface area contributed by atoms with Crippen molar-refractivity contribution in [3.8, 4) is 0 Å². The summed E-state index contributed by atoms with van der Waals surface area (Å²) in [4.78, 5) is 7.36. The SMILES string of the molecule is CCC1CCN(CCCc2nc3ccccc3s2)CC1. The Labute approximate surface area is 125 Å². The average Bonchev–Trinajstić information content (AvgIpc) is 2.90. The van der Waals surface area contributed by atoms with Gasteiger partial charge in [0, 0.05) is 6.42 Å². The zero-order chi connectivity index (χ0) is 13.8. The second kappa shape index (κ2) is 6.68. The lowest BCUT2D eigenvalue weighted by Crippen LogP contribution is -2.34. The number of nitrogens with zero attached hydrogens (tertiary/aromatic N) is 2. The first-order valence-corrected chi connectivity index (χ1v) is 8.73. The van der Waals surface area contributed by atoms with E-state index in [0.29, 0.717) is 0 Å². The predicted octanol–water partition coefficient (Wildman–Crippen LogP) is 4.35. The minimum absolute atomic E-state index is 0.982. The molecule has 0 spiro atoms. The third kappa shape index (κ3) is 3.39. The van der Waals surface area contributed by atoms with Gasteiger partial charge in [0.2, 0.25) is 0 Å². The molecule has 108 valence electrons. The van der Waals surface area contributed by atoms with Crippen molar-refractivity contribution in [1.82, 2.24) is 9.88 Å². The smallest absolute Gasteiger partial charge is 0.0939 e. The molecule has 2 nitrogen and oxygen atoms in total. The second-order valence-electron chi connectivity index (χ2n) is 5.87. The number of piperidine rings is 1. The average molecular weight is 288 g/mol. The minimum atomic E-state index is 0.982. The number of fused-ring (bicyclic) bond motifs is 1. The molecule has 2 heterocycles. The molecule has 1 aromatic heterocycles. The Morgan fingerprint density at radius 1 is 1.25 bits per heavy atom. The van der Waals surface area contributed by atoms with Crippen molar-refractivity contribution in [2.24, 2.45) is 5.92 Å². The van der Waals surface area contributed by atoms with Gasteiger partial charge >= 0.3 is 0 Å². The van der Waals surface area contributed by atoms with Gasteiger partial charge in [0.25, 0.3) is 0 Å². The van der Waals surface area contributed by atoms with Crippen molar-refractivity contribution in [2.75, 3.05) is 19.6 Å². The van der Waals surface area contributed by atoms with E-state index < -0.39 is 0 Å². The quantitative estimate of drug-likeness (QED) is 0.813. The van der Waals surface area contributed by atoms with Crippen molar-refractivity contribution < 1.29 is 0 Å². The van der Waals surface area contributed by atoms with Crippen molar-refractivity contribution in [1.29, 1.82) is 0 Å². The third-order valence-electron chi connectivity index (χ3n) is 4.49. The van der Waals surface area contributed by atoms with E-state index in [2.05, 4.69) is 36.1 Å². The first-order chi connectivity index (χ1) is 9.85. The number of aromatic nitrogens is 1. The van der Waals surface area contributed by atoms with Crippen LogP contribution in [-0.2, 0) is 6.42 Å². The highest BCUT2D eigenvalue weighted by atomic mass is 32.1. The second-order valence-corrected chi connectivity index (χ2v) is 6.99. The van der Waals surface area contributed by atoms with E-state index in [1.165, 1.54) is 55.0 Å². The van der Waals surface area contributed by atoms with Gasteiger partial charge in [-0.2, -0.15) is 0 Å². The number of para-hydroxylation sites is 1. The van der Waals surface area contributed by atoms with Crippen molar-refractivity contribution in [3.63, 3.8) is 0 Å². The topological polar surface area (TPSA) is 16.1 Å². The van der Waals surface area contributed by atoms with Crippen molar-refractivity contribution in [2.45, 2.75) is 39.0 Å². The van der Waals surface area contributed by atoms with Gasteiger partial charge in [0.15, 0.2) is 0 Å². The summed E-state index contributed by atoms with van der Waals surface area (Å²) in [5.74, 6) is 0.982. The lowest BCUT2D eigenvalue weighted by atomic mass is 9.94. The molecule has 2 aromatic rings. The Balaban J connectivity index is 1.46. The van der Waals surface area contributed by atoms with Gasteiger partial charge in [-0.3, -0.25) is 0 Å². The van der Waals surface area contributed by atoms with E-state index in [9.17, 15) is 0 Å². The summed E-state index contributed by atoms with van der Waals surface area (Å²) in [7, 11) is 0.